The zero-order valence-electron chi connectivity index (χ0n) is 11.3. The first kappa shape index (κ1) is 13.9. The van der Waals surface area contributed by atoms with Gasteiger partial charge in [0.25, 0.3) is 0 Å². The van der Waals surface area contributed by atoms with E-state index in [-0.39, 0.29) is 24.7 Å². The normalized spacial score (nSPS) is 22.6. The largest absolute Gasteiger partial charge is 0.396 e. The molecule has 3 unspecified atom stereocenters. The minimum Gasteiger partial charge on any atom is -0.396 e. The van der Waals surface area contributed by atoms with Crippen molar-refractivity contribution >= 4 is 6.03 Å². The second-order valence-electron chi connectivity index (χ2n) is 5.24. The molecule has 1 saturated carbocycles. The molecule has 1 aliphatic carbocycles. The molecule has 1 fully saturated rings. The molecule has 104 valence electrons. The fraction of sp³-hybridized carbons (Fsp3) is 0.533. The van der Waals surface area contributed by atoms with E-state index in [9.17, 15) is 4.79 Å². The van der Waals surface area contributed by atoms with Gasteiger partial charge < -0.3 is 15.7 Å². The average molecular weight is 262 g/mol. The number of carbonyl (C=O) groups excluding carboxylic acids is 1. The molecule has 1 aromatic carbocycles. The Bertz CT molecular complexity index is 408. The number of carbonyl (C=O) groups is 1. The molecule has 0 spiro atoms. The molecule has 2 amide bonds. The van der Waals surface area contributed by atoms with E-state index >= 15 is 0 Å². The van der Waals surface area contributed by atoms with Gasteiger partial charge in [0.15, 0.2) is 0 Å². The van der Waals surface area contributed by atoms with Crippen molar-refractivity contribution in [1.82, 2.24) is 10.6 Å². The van der Waals surface area contributed by atoms with Crippen molar-refractivity contribution in [3.63, 3.8) is 0 Å². The molecule has 3 N–H and O–H groups in total. The first-order valence-corrected chi connectivity index (χ1v) is 6.93. The third-order valence-electron chi connectivity index (χ3n) is 3.51. The number of aliphatic hydroxyl groups excluding tert-OH is 1. The van der Waals surface area contributed by atoms with Gasteiger partial charge in [-0.3, -0.25) is 0 Å². The van der Waals surface area contributed by atoms with Crippen LogP contribution >= 0.6 is 0 Å². The molecule has 3 atom stereocenters. The Morgan fingerprint density at radius 1 is 1.42 bits per heavy atom. The van der Waals surface area contributed by atoms with E-state index in [1.54, 1.807) is 0 Å². The van der Waals surface area contributed by atoms with Crippen molar-refractivity contribution in [3.8, 4) is 0 Å². The summed E-state index contributed by atoms with van der Waals surface area (Å²) in [7, 11) is 0. The standard InChI is InChI=1S/C15H22N2O2/c1-11(6-5-9-18)16-15(19)17-14-10-13(14)12-7-3-2-4-8-12/h2-4,7-8,11,13-14,18H,5-6,9-10H2,1H3,(H2,16,17,19). The fourth-order valence-electron chi connectivity index (χ4n) is 2.33. The summed E-state index contributed by atoms with van der Waals surface area (Å²) in [4.78, 5) is 11.8. The topological polar surface area (TPSA) is 61.4 Å². The first-order valence-electron chi connectivity index (χ1n) is 6.93. The van der Waals surface area contributed by atoms with Crippen molar-refractivity contribution in [2.24, 2.45) is 0 Å². The zero-order chi connectivity index (χ0) is 13.7. The lowest BCUT2D eigenvalue weighted by molar-refractivity contribution is 0.233. The van der Waals surface area contributed by atoms with E-state index in [2.05, 4.69) is 22.8 Å². The molecule has 2 rings (SSSR count). The van der Waals surface area contributed by atoms with Gasteiger partial charge in [-0.2, -0.15) is 0 Å². The van der Waals surface area contributed by atoms with E-state index in [1.807, 2.05) is 25.1 Å². The van der Waals surface area contributed by atoms with Crippen LogP contribution in [0.1, 0.15) is 37.7 Å². The molecule has 1 aliphatic rings. The Hall–Kier alpha value is -1.55. The Morgan fingerprint density at radius 3 is 2.84 bits per heavy atom. The van der Waals surface area contributed by atoms with E-state index in [0.29, 0.717) is 5.92 Å². The SMILES string of the molecule is CC(CCCO)NC(=O)NC1CC1c1ccccc1. The number of hydrogen-bond acceptors (Lipinski definition) is 2. The molecule has 0 aromatic heterocycles. The van der Waals surface area contributed by atoms with E-state index in [1.165, 1.54) is 5.56 Å². The van der Waals surface area contributed by atoms with Crippen LogP contribution in [0.5, 0.6) is 0 Å². The summed E-state index contributed by atoms with van der Waals surface area (Å²) in [5.74, 6) is 0.458. The highest BCUT2D eigenvalue weighted by molar-refractivity contribution is 5.75. The van der Waals surface area contributed by atoms with Gasteiger partial charge in [-0.25, -0.2) is 4.79 Å². The number of hydrogen-bond donors (Lipinski definition) is 3. The van der Waals surface area contributed by atoms with Crippen LogP contribution in [-0.2, 0) is 0 Å². The molecule has 19 heavy (non-hydrogen) atoms. The van der Waals surface area contributed by atoms with Gasteiger partial charge in [0.1, 0.15) is 0 Å². The minimum absolute atomic E-state index is 0.0982. The van der Waals surface area contributed by atoms with Gasteiger partial charge in [-0.05, 0) is 31.7 Å². The van der Waals surface area contributed by atoms with Crippen molar-refractivity contribution in [3.05, 3.63) is 35.9 Å². The number of urea groups is 1. The summed E-state index contributed by atoms with van der Waals surface area (Å²) >= 11 is 0. The molecule has 1 aromatic rings. The second-order valence-corrected chi connectivity index (χ2v) is 5.24. The first-order chi connectivity index (χ1) is 9.20. The predicted octanol–water partition coefficient (Wildman–Crippen LogP) is 2.00. The molecule has 0 bridgehead atoms. The van der Waals surface area contributed by atoms with Crippen LogP contribution in [0.3, 0.4) is 0 Å². The molecule has 4 nitrogen and oxygen atoms in total. The van der Waals surface area contributed by atoms with Crippen LogP contribution in [0, 0.1) is 0 Å². The van der Waals surface area contributed by atoms with Crippen LogP contribution in [0.25, 0.3) is 0 Å². The van der Waals surface area contributed by atoms with Gasteiger partial charge in [-0.15, -0.1) is 0 Å². The summed E-state index contributed by atoms with van der Waals surface area (Å²) in [6.07, 6.45) is 2.54. The lowest BCUT2D eigenvalue weighted by Gasteiger charge is -2.14. The Labute approximate surface area is 114 Å². The average Bonchev–Trinajstić information content (AvgIpc) is 3.16. The summed E-state index contributed by atoms with van der Waals surface area (Å²) in [6, 6.07) is 10.5. The molecule has 0 radical (unpaired) electrons. The van der Waals surface area contributed by atoms with Crippen LogP contribution in [0.2, 0.25) is 0 Å². The van der Waals surface area contributed by atoms with E-state index in [0.717, 1.165) is 19.3 Å². The molecule has 0 heterocycles. The quantitative estimate of drug-likeness (QED) is 0.734. The fourth-order valence-corrected chi connectivity index (χ4v) is 2.33. The third kappa shape index (κ3) is 4.24. The highest BCUT2D eigenvalue weighted by Gasteiger charge is 2.39. The van der Waals surface area contributed by atoms with Crippen LogP contribution < -0.4 is 10.6 Å². The molecule has 0 aliphatic heterocycles. The number of aliphatic hydroxyl groups is 1. The summed E-state index contributed by atoms with van der Waals surface area (Å²) < 4.78 is 0. The zero-order valence-corrected chi connectivity index (χ0v) is 11.3. The van der Waals surface area contributed by atoms with Crippen LogP contribution in [0.4, 0.5) is 4.79 Å². The number of rotatable bonds is 6. The lowest BCUT2D eigenvalue weighted by Crippen LogP contribution is -2.42. The smallest absolute Gasteiger partial charge is 0.315 e. The Kier molecular flexibility index (Phi) is 4.80. The van der Waals surface area contributed by atoms with Gasteiger partial charge in [0, 0.05) is 24.6 Å². The van der Waals surface area contributed by atoms with Crippen molar-refractivity contribution in [2.75, 3.05) is 6.61 Å². The number of benzene rings is 1. The van der Waals surface area contributed by atoms with Gasteiger partial charge in [-0.1, -0.05) is 30.3 Å². The molecular weight excluding hydrogens is 240 g/mol. The Morgan fingerprint density at radius 2 is 2.16 bits per heavy atom. The van der Waals surface area contributed by atoms with Gasteiger partial charge in [0.2, 0.25) is 0 Å². The van der Waals surface area contributed by atoms with Crippen molar-refractivity contribution < 1.29 is 9.90 Å². The van der Waals surface area contributed by atoms with Crippen LogP contribution in [-0.4, -0.2) is 29.8 Å². The highest BCUT2D eigenvalue weighted by Crippen LogP contribution is 2.40. The lowest BCUT2D eigenvalue weighted by atomic mass is 10.1. The number of nitrogens with one attached hydrogen (secondary N) is 2. The molecular formula is C15H22N2O2. The Balaban J connectivity index is 1.70. The van der Waals surface area contributed by atoms with Gasteiger partial charge >= 0.3 is 6.03 Å². The van der Waals surface area contributed by atoms with Crippen LogP contribution in [0.15, 0.2) is 30.3 Å². The van der Waals surface area contributed by atoms with Crippen molar-refractivity contribution in [2.45, 2.75) is 44.2 Å². The van der Waals surface area contributed by atoms with E-state index < -0.39 is 0 Å². The maximum absolute atomic E-state index is 11.8. The summed E-state index contributed by atoms with van der Waals surface area (Å²) in [6.45, 7) is 2.13. The van der Waals surface area contributed by atoms with E-state index in [4.69, 9.17) is 5.11 Å². The summed E-state index contributed by atoms with van der Waals surface area (Å²) in [5, 5.41) is 14.6. The molecule has 0 saturated heterocycles. The highest BCUT2D eigenvalue weighted by atomic mass is 16.3. The summed E-state index contributed by atoms with van der Waals surface area (Å²) in [5.41, 5.74) is 1.29. The monoisotopic (exact) mass is 262 g/mol. The molecule has 4 heteroatoms. The number of amides is 2. The maximum Gasteiger partial charge on any atom is 0.315 e. The minimum atomic E-state index is -0.103. The predicted molar refractivity (Wildman–Crippen MR) is 75.0 cm³/mol. The third-order valence-corrected chi connectivity index (χ3v) is 3.51. The van der Waals surface area contributed by atoms with Crippen molar-refractivity contribution in [1.29, 1.82) is 0 Å². The second kappa shape index (κ2) is 6.57. The van der Waals surface area contributed by atoms with Gasteiger partial charge in [0.05, 0.1) is 0 Å². The maximum atomic E-state index is 11.8.